The highest BCUT2D eigenvalue weighted by atomic mass is 16.7. The standard InChI is InChI=1S/C13H16N2O4/c16-15(17)11-6-9(5-10-3-1-2-4-14-10)7-12-13(11)19-8-18-12/h6-7,10,14H,1-5,8H2. The van der Waals surface area contributed by atoms with E-state index in [4.69, 9.17) is 9.47 Å². The van der Waals surface area contributed by atoms with Crippen molar-refractivity contribution in [2.75, 3.05) is 13.3 Å². The molecule has 0 aromatic heterocycles. The zero-order chi connectivity index (χ0) is 13.2. The molecular formula is C13H16N2O4. The number of rotatable bonds is 3. The maximum absolute atomic E-state index is 11.1. The number of ether oxygens (including phenoxy) is 2. The van der Waals surface area contributed by atoms with Crippen LogP contribution in [0, 0.1) is 10.1 Å². The summed E-state index contributed by atoms with van der Waals surface area (Å²) in [6, 6.07) is 3.85. The topological polar surface area (TPSA) is 73.6 Å². The Kier molecular flexibility index (Phi) is 3.25. The van der Waals surface area contributed by atoms with Gasteiger partial charge in [-0.25, -0.2) is 0 Å². The molecule has 0 amide bonds. The monoisotopic (exact) mass is 264 g/mol. The minimum absolute atomic E-state index is 0.000749. The Labute approximate surface area is 110 Å². The first kappa shape index (κ1) is 12.2. The molecule has 1 atom stereocenters. The van der Waals surface area contributed by atoms with Gasteiger partial charge in [-0.2, -0.15) is 0 Å². The average Bonchev–Trinajstić information content (AvgIpc) is 2.87. The van der Waals surface area contributed by atoms with Gasteiger partial charge < -0.3 is 14.8 Å². The Morgan fingerprint density at radius 1 is 1.37 bits per heavy atom. The molecule has 1 unspecified atom stereocenters. The number of nitrogens with zero attached hydrogens (tertiary/aromatic N) is 1. The zero-order valence-corrected chi connectivity index (χ0v) is 10.6. The summed E-state index contributed by atoms with van der Waals surface area (Å²) in [6.45, 7) is 1.08. The van der Waals surface area contributed by atoms with Gasteiger partial charge in [0.2, 0.25) is 12.5 Å². The molecule has 0 aliphatic carbocycles. The fourth-order valence-corrected chi connectivity index (χ4v) is 2.68. The lowest BCUT2D eigenvalue weighted by Gasteiger charge is -2.23. The molecule has 1 aromatic rings. The minimum atomic E-state index is -0.411. The van der Waals surface area contributed by atoms with Crippen LogP contribution in [0.4, 0.5) is 5.69 Å². The Morgan fingerprint density at radius 2 is 2.26 bits per heavy atom. The first-order chi connectivity index (χ1) is 9.24. The van der Waals surface area contributed by atoms with Gasteiger partial charge >= 0.3 is 5.69 Å². The first-order valence-electron chi connectivity index (χ1n) is 6.54. The Morgan fingerprint density at radius 3 is 3.00 bits per heavy atom. The van der Waals surface area contributed by atoms with Gasteiger partial charge in [0.25, 0.3) is 0 Å². The molecule has 3 rings (SSSR count). The van der Waals surface area contributed by atoms with Crippen molar-refractivity contribution in [1.82, 2.24) is 5.32 Å². The van der Waals surface area contributed by atoms with Crippen LogP contribution in [0.5, 0.6) is 11.5 Å². The predicted molar refractivity (Wildman–Crippen MR) is 68.6 cm³/mol. The molecule has 0 bridgehead atoms. The molecular weight excluding hydrogens is 248 g/mol. The number of benzene rings is 1. The van der Waals surface area contributed by atoms with Crippen molar-refractivity contribution in [3.8, 4) is 11.5 Å². The van der Waals surface area contributed by atoms with Gasteiger partial charge in [-0.15, -0.1) is 0 Å². The van der Waals surface area contributed by atoms with Crippen molar-refractivity contribution in [2.45, 2.75) is 31.7 Å². The van der Waals surface area contributed by atoms with Crippen molar-refractivity contribution in [3.05, 3.63) is 27.8 Å². The first-order valence-corrected chi connectivity index (χ1v) is 6.54. The second-order valence-electron chi connectivity index (χ2n) is 4.96. The molecule has 19 heavy (non-hydrogen) atoms. The molecule has 2 aliphatic rings. The molecule has 0 spiro atoms. The number of fused-ring (bicyclic) bond motifs is 1. The van der Waals surface area contributed by atoms with E-state index < -0.39 is 4.92 Å². The van der Waals surface area contributed by atoms with Crippen LogP contribution in [0.3, 0.4) is 0 Å². The molecule has 6 nitrogen and oxygen atoms in total. The SMILES string of the molecule is O=[N+]([O-])c1cc(CC2CCCCN2)cc2c1OCO2. The quantitative estimate of drug-likeness (QED) is 0.667. The van der Waals surface area contributed by atoms with Crippen LogP contribution in [0.15, 0.2) is 12.1 Å². The highest BCUT2D eigenvalue weighted by molar-refractivity contribution is 5.59. The van der Waals surface area contributed by atoms with E-state index >= 15 is 0 Å². The van der Waals surface area contributed by atoms with Crippen molar-refractivity contribution < 1.29 is 14.4 Å². The fraction of sp³-hybridized carbons (Fsp3) is 0.538. The molecule has 102 valence electrons. The molecule has 1 N–H and O–H groups in total. The van der Waals surface area contributed by atoms with Crippen LogP contribution < -0.4 is 14.8 Å². The fourth-order valence-electron chi connectivity index (χ4n) is 2.68. The van der Waals surface area contributed by atoms with Gasteiger partial charge in [0, 0.05) is 12.1 Å². The summed E-state index contributed by atoms with van der Waals surface area (Å²) in [5.41, 5.74) is 0.927. The third-order valence-electron chi connectivity index (χ3n) is 3.60. The average molecular weight is 264 g/mol. The van der Waals surface area contributed by atoms with Crippen LogP contribution in [-0.4, -0.2) is 24.3 Å². The predicted octanol–water partition coefficient (Wildman–Crippen LogP) is 2.01. The van der Waals surface area contributed by atoms with Crippen molar-refractivity contribution in [2.24, 2.45) is 0 Å². The Balaban J connectivity index is 1.85. The van der Waals surface area contributed by atoms with Crippen molar-refractivity contribution in [3.63, 3.8) is 0 Å². The second-order valence-corrected chi connectivity index (χ2v) is 4.96. The molecule has 6 heteroatoms. The largest absolute Gasteiger partial charge is 0.453 e. The van der Waals surface area contributed by atoms with E-state index in [1.54, 1.807) is 6.07 Å². The van der Waals surface area contributed by atoms with E-state index in [1.165, 1.54) is 12.8 Å². The van der Waals surface area contributed by atoms with Gasteiger partial charge in [0.15, 0.2) is 5.75 Å². The van der Waals surface area contributed by atoms with Crippen LogP contribution in [0.2, 0.25) is 0 Å². The molecule has 2 aliphatic heterocycles. The Hall–Kier alpha value is -1.82. The van der Waals surface area contributed by atoms with Gasteiger partial charge in [-0.3, -0.25) is 10.1 Å². The highest BCUT2D eigenvalue weighted by Gasteiger charge is 2.27. The number of nitro groups is 1. The minimum Gasteiger partial charge on any atom is -0.453 e. The van der Waals surface area contributed by atoms with Gasteiger partial charge in [0.1, 0.15) is 0 Å². The van der Waals surface area contributed by atoms with E-state index in [9.17, 15) is 10.1 Å². The maximum atomic E-state index is 11.1. The summed E-state index contributed by atoms with van der Waals surface area (Å²) in [5, 5.41) is 14.5. The molecule has 0 radical (unpaired) electrons. The van der Waals surface area contributed by atoms with E-state index in [0.717, 1.165) is 24.9 Å². The van der Waals surface area contributed by atoms with Gasteiger partial charge in [-0.1, -0.05) is 6.42 Å². The zero-order valence-electron chi connectivity index (χ0n) is 10.6. The number of piperidine rings is 1. The Bertz CT molecular complexity index is 498. The summed E-state index contributed by atoms with van der Waals surface area (Å²) in [7, 11) is 0. The second kappa shape index (κ2) is 5.05. The molecule has 1 fully saturated rings. The molecule has 1 aromatic carbocycles. The lowest BCUT2D eigenvalue weighted by atomic mass is 9.97. The van der Waals surface area contributed by atoms with E-state index in [1.807, 2.05) is 6.07 Å². The van der Waals surface area contributed by atoms with E-state index in [2.05, 4.69) is 5.32 Å². The van der Waals surface area contributed by atoms with Gasteiger partial charge in [0.05, 0.1) is 4.92 Å². The molecule has 2 heterocycles. The number of nitro benzene ring substituents is 1. The normalized spacial score (nSPS) is 21.4. The maximum Gasteiger partial charge on any atom is 0.315 e. The summed E-state index contributed by atoms with van der Waals surface area (Å²) in [6.07, 6.45) is 4.32. The van der Waals surface area contributed by atoms with Crippen LogP contribution >= 0.6 is 0 Å². The summed E-state index contributed by atoms with van der Waals surface area (Å²) < 4.78 is 10.4. The third-order valence-corrected chi connectivity index (χ3v) is 3.60. The summed E-state index contributed by atoms with van der Waals surface area (Å²) in [4.78, 5) is 10.6. The molecule has 1 saturated heterocycles. The third kappa shape index (κ3) is 2.49. The highest BCUT2D eigenvalue weighted by Crippen LogP contribution is 2.41. The van der Waals surface area contributed by atoms with Crippen molar-refractivity contribution in [1.29, 1.82) is 0 Å². The van der Waals surface area contributed by atoms with Crippen LogP contribution in [-0.2, 0) is 6.42 Å². The number of nitrogens with one attached hydrogen (secondary N) is 1. The molecule has 0 saturated carbocycles. The van der Waals surface area contributed by atoms with Gasteiger partial charge in [-0.05, 0) is 37.4 Å². The van der Waals surface area contributed by atoms with Crippen LogP contribution in [0.25, 0.3) is 0 Å². The van der Waals surface area contributed by atoms with E-state index in [-0.39, 0.29) is 18.2 Å². The number of hydrogen-bond acceptors (Lipinski definition) is 5. The van der Waals surface area contributed by atoms with Crippen LogP contribution in [0.1, 0.15) is 24.8 Å². The summed E-state index contributed by atoms with van der Waals surface area (Å²) in [5.74, 6) is 0.741. The lowest BCUT2D eigenvalue weighted by Crippen LogP contribution is -2.35. The smallest absolute Gasteiger partial charge is 0.315 e. The van der Waals surface area contributed by atoms with Crippen molar-refractivity contribution >= 4 is 5.69 Å². The lowest BCUT2D eigenvalue weighted by molar-refractivity contribution is -0.385. The van der Waals surface area contributed by atoms with E-state index in [0.29, 0.717) is 11.8 Å². The summed E-state index contributed by atoms with van der Waals surface area (Å²) >= 11 is 0. The number of hydrogen-bond donors (Lipinski definition) is 1.